The van der Waals surface area contributed by atoms with Gasteiger partial charge in [-0.05, 0) is 42.2 Å². The number of carbonyl (C=O) groups is 1. The van der Waals surface area contributed by atoms with Crippen molar-refractivity contribution in [2.24, 2.45) is 7.05 Å². The van der Waals surface area contributed by atoms with E-state index in [1.54, 1.807) is 12.1 Å². The average molecular weight is 415 g/mol. The maximum Gasteiger partial charge on any atom is 0.349 e. The molecule has 0 radical (unpaired) electrons. The molecule has 0 spiro atoms. The van der Waals surface area contributed by atoms with Crippen molar-refractivity contribution in [3.63, 3.8) is 0 Å². The van der Waals surface area contributed by atoms with Crippen molar-refractivity contribution < 1.29 is 14.6 Å². The lowest BCUT2D eigenvalue weighted by molar-refractivity contribution is -0.145. The Morgan fingerprint density at radius 1 is 1.03 bits per heavy atom. The summed E-state index contributed by atoms with van der Waals surface area (Å²) in [5.74, 6) is 0.621. The maximum atomic E-state index is 11.7. The van der Waals surface area contributed by atoms with Gasteiger partial charge in [0.15, 0.2) is 0 Å². The highest BCUT2D eigenvalue weighted by Crippen LogP contribution is 2.25. The first-order valence-corrected chi connectivity index (χ1v) is 10.5. The van der Waals surface area contributed by atoms with Crippen LogP contribution in [0.25, 0.3) is 11.0 Å². The Labute approximate surface area is 181 Å². The summed E-state index contributed by atoms with van der Waals surface area (Å²) in [5, 5.41) is 9.57. The number of aliphatic carboxylic acids is 1. The molecule has 0 saturated carbocycles. The predicted octanol–water partition coefficient (Wildman–Crippen LogP) is 5.32. The van der Waals surface area contributed by atoms with Crippen LogP contribution in [0.5, 0.6) is 5.75 Å². The van der Waals surface area contributed by atoms with Crippen LogP contribution in [-0.4, -0.2) is 20.6 Å². The number of fused-ring (bicyclic) bond motifs is 1. The van der Waals surface area contributed by atoms with Crippen LogP contribution in [0.2, 0.25) is 0 Å². The van der Waals surface area contributed by atoms with Crippen molar-refractivity contribution >= 4 is 17.0 Å². The highest BCUT2D eigenvalue weighted by Gasteiger charge is 2.21. The third kappa shape index (κ3) is 4.45. The minimum Gasteiger partial charge on any atom is -0.478 e. The molecule has 4 rings (SSSR count). The van der Waals surface area contributed by atoms with Gasteiger partial charge < -0.3 is 14.4 Å². The third-order valence-electron chi connectivity index (χ3n) is 5.46. The zero-order valence-corrected chi connectivity index (χ0v) is 17.8. The van der Waals surface area contributed by atoms with E-state index in [0.29, 0.717) is 11.3 Å². The molecule has 4 aromatic rings. The Morgan fingerprint density at radius 3 is 2.45 bits per heavy atom. The minimum absolute atomic E-state index is 0.529. The fraction of sp³-hybridized carbons (Fsp3) is 0.231. The van der Waals surface area contributed by atoms with Gasteiger partial charge in [0.2, 0.25) is 6.10 Å². The first-order valence-electron chi connectivity index (χ1n) is 10.5. The number of aryl methyl sites for hydroxylation is 2. The van der Waals surface area contributed by atoms with E-state index < -0.39 is 12.1 Å². The summed E-state index contributed by atoms with van der Waals surface area (Å²) in [5.41, 5.74) is 5.10. The highest BCUT2D eigenvalue weighted by molar-refractivity contribution is 5.80. The quantitative estimate of drug-likeness (QED) is 0.424. The number of carboxylic acids is 1. The smallest absolute Gasteiger partial charge is 0.349 e. The summed E-state index contributed by atoms with van der Waals surface area (Å²) >= 11 is 0. The fourth-order valence-electron chi connectivity index (χ4n) is 3.84. The average Bonchev–Trinajstić information content (AvgIpc) is 3.10. The number of hydrogen-bond acceptors (Lipinski definition) is 3. The molecule has 0 aliphatic rings. The van der Waals surface area contributed by atoms with Gasteiger partial charge >= 0.3 is 5.97 Å². The van der Waals surface area contributed by atoms with Crippen molar-refractivity contribution in [1.82, 2.24) is 9.55 Å². The molecule has 5 heteroatoms. The number of carboxylic acid groups (broad SMARTS) is 1. The summed E-state index contributed by atoms with van der Waals surface area (Å²) < 4.78 is 7.94. The number of benzene rings is 3. The summed E-state index contributed by atoms with van der Waals surface area (Å²) in [6.07, 6.45) is 1.74. The molecule has 31 heavy (non-hydrogen) atoms. The van der Waals surface area contributed by atoms with E-state index >= 15 is 0 Å². The van der Waals surface area contributed by atoms with Gasteiger partial charge in [-0.3, -0.25) is 0 Å². The molecule has 1 heterocycles. The molecule has 0 aliphatic carbocycles. The molecule has 158 valence electrons. The maximum absolute atomic E-state index is 11.7. The van der Waals surface area contributed by atoms with E-state index in [9.17, 15) is 9.90 Å². The largest absolute Gasteiger partial charge is 0.478 e. The van der Waals surface area contributed by atoms with Gasteiger partial charge in [0, 0.05) is 19.0 Å². The van der Waals surface area contributed by atoms with E-state index in [4.69, 9.17) is 9.72 Å². The first-order chi connectivity index (χ1) is 15.1. The van der Waals surface area contributed by atoms with Crippen molar-refractivity contribution in [3.8, 4) is 5.75 Å². The second-order valence-corrected chi connectivity index (χ2v) is 7.69. The molecule has 5 nitrogen and oxygen atoms in total. The van der Waals surface area contributed by atoms with Gasteiger partial charge in [-0.15, -0.1) is 0 Å². The van der Waals surface area contributed by atoms with Crippen LogP contribution in [0.3, 0.4) is 0 Å². The summed E-state index contributed by atoms with van der Waals surface area (Å²) in [7, 11) is 2.07. The zero-order chi connectivity index (χ0) is 21.8. The van der Waals surface area contributed by atoms with E-state index in [0.717, 1.165) is 41.7 Å². The topological polar surface area (TPSA) is 64.3 Å². The molecule has 0 fully saturated rings. The second-order valence-electron chi connectivity index (χ2n) is 7.69. The Kier molecular flexibility index (Phi) is 6.03. The monoisotopic (exact) mass is 414 g/mol. The van der Waals surface area contributed by atoms with Gasteiger partial charge in [-0.2, -0.15) is 0 Å². The number of para-hydroxylation sites is 1. The second kappa shape index (κ2) is 9.04. The highest BCUT2D eigenvalue weighted by atomic mass is 16.5. The van der Waals surface area contributed by atoms with E-state index in [1.165, 1.54) is 5.56 Å². The molecule has 3 aromatic carbocycles. The van der Waals surface area contributed by atoms with Gasteiger partial charge in [-0.25, -0.2) is 9.78 Å². The number of ether oxygens (including phenoxy) is 1. The van der Waals surface area contributed by atoms with Crippen LogP contribution in [0.15, 0.2) is 72.8 Å². The molecule has 1 N–H and O–H groups in total. The fourth-order valence-corrected chi connectivity index (χ4v) is 3.84. The molecule has 0 aliphatic heterocycles. The molecular weight excluding hydrogens is 388 g/mol. The molecule has 1 aromatic heterocycles. The lowest BCUT2D eigenvalue weighted by Crippen LogP contribution is -2.18. The molecule has 0 saturated heterocycles. The van der Waals surface area contributed by atoms with Gasteiger partial charge in [0.1, 0.15) is 11.6 Å². The van der Waals surface area contributed by atoms with Crippen LogP contribution in [0.1, 0.15) is 42.0 Å². The van der Waals surface area contributed by atoms with Crippen LogP contribution in [-0.2, 0) is 24.7 Å². The summed E-state index contributed by atoms with van der Waals surface area (Å²) in [6.45, 7) is 2.16. The van der Waals surface area contributed by atoms with Crippen LogP contribution >= 0.6 is 0 Å². The van der Waals surface area contributed by atoms with Gasteiger partial charge in [-0.1, -0.05) is 61.5 Å². The van der Waals surface area contributed by atoms with Crippen LogP contribution < -0.4 is 4.74 Å². The van der Waals surface area contributed by atoms with Crippen LogP contribution in [0.4, 0.5) is 0 Å². The third-order valence-corrected chi connectivity index (χ3v) is 5.46. The number of hydrogen-bond donors (Lipinski definition) is 1. The lowest BCUT2D eigenvalue weighted by Gasteiger charge is -2.15. The number of imidazole rings is 1. The molecule has 1 unspecified atom stereocenters. The molecule has 0 amide bonds. The standard InChI is InChI=1S/C26H26N2O3/c1-3-8-23-27-24-20(11-7-12-22(24)28(23)2)17-18-13-15-21(16-14-18)31-25(26(29)30)19-9-5-4-6-10-19/h4-7,9-16,25H,3,8,17H2,1-2H3,(H,29,30). The Morgan fingerprint density at radius 2 is 1.77 bits per heavy atom. The Bertz CT molecular complexity index is 1180. The van der Waals surface area contributed by atoms with Crippen molar-refractivity contribution in [2.75, 3.05) is 0 Å². The van der Waals surface area contributed by atoms with E-state index in [2.05, 4.69) is 36.7 Å². The normalized spacial score (nSPS) is 12.1. The van der Waals surface area contributed by atoms with E-state index in [1.807, 2.05) is 42.5 Å². The van der Waals surface area contributed by atoms with E-state index in [-0.39, 0.29) is 0 Å². The predicted molar refractivity (Wildman–Crippen MR) is 121 cm³/mol. The number of rotatable bonds is 8. The Balaban J connectivity index is 1.54. The van der Waals surface area contributed by atoms with Gasteiger partial charge in [0.25, 0.3) is 0 Å². The number of nitrogens with zero attached hydrogens (tertiary/aromatic N) is 2. The SMILES string of the molecule is CCCc1nc2c(Cc3ccc(OC(C(=O)O)c4ccccc4)cc3)cccc2n1C. The minimum atomic E-state index is -1.04. The molecular formula is C26H26N2O3. The molecule has 1 atom stereocenters. The lowest BCUT2D eigenvalue weighted by atomic mass is 10.0. The van der Waals surface area contributed by atoms with Gasteiger partial charge in [0.05, 0.1) is 11.0 Å². The van der Waals surface area contributed by atoms with Crippen molar-refractivity contribution in [1.29, 1.82) is 0 Å². The van der Waals surface area contributed by atoms with Crippen molar-refractivity contribution in [3.05, 3.63) is 95.3 Å². The summed E-state index contributed by atoms with van der Waals surface area (Å²) in [4.78, 5) is 16.6. The zero-order valence-electron chi connectivity index (χ0n) is 17.8. The first kappa shape index (κ1) is 20.7. The number of aromatic nitrogens is 2. The van der Waals surface area contributed by atoms with Crippen molar-refractivity contribution in [2.45, 2.75) is 32.3 Å². The summed E-state index contributed by atoms with van der Waals surface area (Å²) in [6, 6.07) is 22.9. The van der Waals surface area contributed by atoms with Crippen LogP contribution in [0, 0.1) is 0 Å². The Hall–Kier alpha value is -3.60. The molecule has 0 bridgehead atoms.